The molecule has 4 saturated heterocycles. The minimum atomic E-state index is -1.82. The smallest absolute Gasteiger partial charge is 0.315 e. The van der Waals surface area contributed by atoms with Gasteiger partial charge in [-0.2, -0.15) is 0 Å². The van der Waals surface area contributed by atoms with Crippen LogP contribution in [0.25, 0.3) is 0 Å². The van der Waals surface area contributed by atoms with Crippen molar-refractivity contribution in [2.75, 3.05) is 26.4 Å². The molecule has 65 heavy (non-hydrogen) atoms. The number of aliphatic hydroxyl groups is 11. The van der Waals surface area contributed by atoms with Crippen LogP contribution < -0.4 is 0 Å². The van der Waals surface area contributed by atoms with Gasteiger partial charge in [0.1, 0.15) is 72.6 Å². The van der Waals surface area contributed by atoms with Crippen LogP contribution in [0.4, 0.5) is 0 Å². The van der Waals surface area contributed by atoms with Crippen molar-refractivity contribution in [2.24, 2.45) is 50.2 Å². The third-order valence-electron chi connectivity index (χ3n) is 19.1. The molecule has 19 nitrogen and oxygen atoms in total. The lowest BCUT2D eigenvalue weighted by atomic mass is 9.33. The van der Waals surface area contributed by atoms with Crippen LogP contribution in [0, 0.1) is 50.2 Å². The number of hydrogen-bond donors (Lipinski definition) is 11. The molecule has 0 radical (unpaired) electrons. The average Bonchev–Trinajstić information content (AvgIpc) is 3.57. The number of carbonyl (C=O) groups excluding carboxylic acids is 1. The predicted molar refractivity (Wildman–Crippen MR) is 220 cm³/mol. The van der Waals surface area contributed by atoms with E-state index in [2.05, 4.69) is 40.7 Å². The minimum Gasteiger partial charge on any atom is -0.461 e. The summed E-state index contributed by atoms with van der Waals surface area (Å²) in [6.07, 6.45) is -18.0. The van der Waals surface area contributed by atoms with Gasteiger partial charge < -0.3 is 89.3 Å². The Labute approximate surface area is 378 Å². The Hall–Kier alpha value is -1.47. The van der Waals surface area contributed by atoms with Gasteiger partial charge in [-0.3, -0.25) is 4.79 Å². The lowest BCUT2D eigenvalue weighted by molar-refractivity contribution is -0.362. The average molecular weight is 929 g/mol. The fourth-order valence-electron chi connectivity index (χ4n) is 15.1. The summed E-state index contributed by atoms with van der Waals surface area (Å²) in [5.41, 5.74) is -2.48. The Morgan fingerprint density at radius 2 is 1.37 bits per heavy atom. The number of hydrogen-bond acceptors (Lipinski definition) is 19. The van der Waals surface area contributed by atoms with Gasteiger partial charge in [-0.25, -0.2) is 0 Å². The highest BCUT2D eigenvalue weighted by Crippen LogP contribution is 2.76. The summed E-state index contributed by atoms with van der Waals surface area (Å²) in [6.45, 7) is 11.1. The summed E-state index contributed by atoms with van der Waals surface area (Å²) in [5, 5.41) is 121. The molecule has 0 aromatic heterocycles. The molecular formula is C46H72O19. The molecule has 4 aliphatic heterocycles. The van der Waals surface area contributed by atoms with Gasteiger partial charge in [-0.1, -0.05) is 53.2 Å². The molecule has 0 amide bonds. The highest BCUT2D eigenvalue weighted by atomic mass is 16.8. The van der Waals surface area contributed by atoms with Crippen LogP contribution in [0.2, 0.25) is 0 Å². The second-order valence-electron chi connectivity index (χ2n) is 22.8. The molecule has 9 rings (SSSR count). The lowest BCUT2D eigenvalue weighted by Gasteiger charge is -2.72. The van der Waals surface area contributed by atoms with E-state index in [1.807, 2.05) is 6.92 Å². The van der Waals surface area contributed by atoms with Crippen molar-refractivity contribution in [3.05, 3.63) is 11.6 Å². The number of rotatable bonds is 8. The monoisotopic (exact) mass is 928 g/mol. The van der Waals surface area contributed by atoms with Gasteiger partial charge in [0.15, 0.2) is 18.9 Å². The first-order valence-electron chi connectivity index (χ1n) is 23.5. The third kappa shape index (κ3) is 7.03. The van der Waals surface area contributed by atoms with E-state index in [9.17, 15) is 61.0 Å². The Balaban J connectivity index is 0.927. The standard InChI is InChI=1S/C46H72O19/c1-41(2)11-20-19-7-8-26-42(3)12-21(48)36(43(4,18-47)25(42)9-10-44(26,5)45(19,6)13-27(51)46(20)14-28(41)63-40(46)58)65-38-34(57)32(55)31(54)24(62-38)17-61-39-35(30(53)23(50)16-60-39)64-37-33(56)29(52)22(49)15-59-37/h7,20-39,47-57H,8-18H2,1-6H3/t20-,21-,22+,23-,24+,25+,26+,27-,28-,29-,30-,31+,32-,33+,34+,35+,36-,37-,38-,39-,42-,43-,44+,45+,46+/m0/s1. The molecule has 2 bridgehead atoms. The van der Waals surface area contributed by atoms with Crippen LogP contribution >= 0.6 is 0 Å². The number of aliphatic hydroxyl groups excluding tert-OH is 11. The molecule has 0 aromatic rings. The number of carbonyl (C=O) groups is 1. The van der Waals surface area contributed by atoms with E-state index in [0.29, 0.717) is 25.7 Å². The van der Waals surface area contributed by atoms with E-state index in [-0.39, 0.29) is 47.1 Å². The zero-order chi connectivity index (χ0) is 47.1. The molecule has 0 aromatic carbocycles. The molecule has 370 valence electrons. The first-order valence-corrected chi connectivity index (χ1v) is 23.5. The normalized spacial score (nSPS) is 57.2. The SMILES string of the molecule is CC1(C)C[C@H]2C3=CC[C@@H]4[C@@]5(C)C[C@H](O)[C@H](O[C@@H]6O[C@H](CO[C@@H]7OC[C@H](O)[C@H](O)[C@H]7O[C@@H]7OC[C@@H](O)[C@H](O)[C@H]7O)[C@@H](O)[C@H](O)[C@H]6O)[C@@](C)(CO)[C@@H]5CC[C@@]4(C)[C@]3(C)C[C@H](O)[C@@]23C[C@@H]1OC3=O. The molecule has 25 atom stereocenters. The Morgan fingerprint density at radius 1 is 0.708 bits per heavy atom. The summed E-state index contributed by atoms with van der Waals surface area (Å²) in [5.74, 6) is -0.667. The number of esters is 1. The van der Waals surface area contributed by atoms with Crippen molar-refractivity contribution in [2.45, 2.75) is 191 Å². The van der Waals surface area contributed by atoms with E-state index in [0.717, 1.165) is 12.8 Å². The van der Waals surface area contributed by atoms with Gasteiger partial charge in [0, 0.05) is 17.3 Å². The van der Waals surface area contributed by atoms with Crippen LogP contribution in [0.1, 0.15) is 86.5 Å². The maximum atomic E-state index is 13.7. The largest absolute Gasteiger partial charge is 0.461 e. The van der Waals surface area contributed by atoms with Crippen molar-refractivity contribution >= 4 is 5.97 Å². The maximum Gasteiger partial charge on any atom is 0.315 e. The summed E-state index contributed by atoms with van der Waals surface area (Å²) in [6, 6.07) is 0. The van der Waals surface area contributed by atoms with Gasteiger partial charge in [-0.05, 0) is 72.5 Å². The Morgan fingerprint density at radius 3 is 2.06 bits per heavy atom. The second kappa shape index (κ2) is 16.6. The topological polar surface area (TPSA) is 304 Å². The molecule has 4 heterocycles. The fourth-order valence-corrected chi connectivity index (χ4v) is 15.1. The van der Waals surface area contributed by atoms with Crippen LogP contribution in [0.15, 0.2) is 11.6 Å². The zero-order valence-corrected chi connectivity index (χ0v) is 38.1. The molecule has 11 N–H and O–H groups in total. The highest BCUT2D eigenvalue weighted by molar-refractivity contribution is 5.82. The molecule has 4 saturated carbocycles. The van der Waals surface area contributed by atoms with Gasteiger partial charge in [0.25, 0.3) is 0 Å². The first kappa shape index (κ1) is 48.5. The molecule has 19 heteroatoms. The second-order valence-corrected chi connectivity index (χ2v) is 22.8. The van der Waals surface area contributed by atoms with E-state index in [1.54, 1.807) is 0 Å². The van der Waals surface area contributed by atoms with Gasteiger partial charge in [-0.15, -0.1) is 0 Å². The summed E-state index contributed by atoms with van der Waals surface area (Å²) in [4.78, 5) is 13.7. The minimum absolute atomic E-state index is 0.000771. The number of ether oxygens (including phenoxy) is 7. The zero-order valence-electron chi connectivity index (χ0n) is 38.1. The van der Waals surface area contributed by atoms with Crippen LogP contribution in [0.3, 0.4) is 0 Å². The summed E-state index contributed by atoms with van der Waals surface area (Å²) in [7, 11) is 0. The molecule has 0 unspecified atom stereocenters. The van der Waals surface area contributed by atoms with Crippen molar-refractivity contribution < 1.29 is 94.1 Å². The van der Waals surface area contributed by atoms with E-state index in [1.165, 1.54) is 5.57 Å². The van der Waals surface area contributed by atoms with Crippen LogP contribution in [0.5, 0.6) is 0 Å². The number of allylic oxidation sites excluding steroid dienone is 2. The Kier molecular flexibility index (Phi) is 12.4. The predicted octanol–water partition coefficient (Wildman–Crippen LogP) is -1.65. The van der Waals surface area contributed by atoms with E-state index >= 15 is 0 Å². The maximum absolute atomic E-state index is 13.7. The Bertz CT molecular complexity index is 1830. The van der Waals surface area contributed by atoms with Gasteiger partial charge in [0.05, 0.1) is 44.7 Å². The molecular weight excluding hydrogens is 856 g/mol. The summed E-state index contributed by atoms with van der Waals surface area (Å²) >= 11 is 0. The summed E-state index contributed by atoms with van der Waals surface area (Å²) < 4.78 is 41.0. The van der Waals surface area contributed by atoms with Crippen molar-refractivity contribution in [3.8, 4) is 0 Å². The lowest BCUT2D eigenvalue weighted by Crippen LogP contribution is -2.70. The quantitative estimate of drug-likeness (QED) is 0.0738. The van der Waals surface area contributed by atoms with E-state index < -0.39 is 146 Å². The molecule has 5 aliphatic carbocycles. The van der Waals surface area contributed by atoms with Crippen LogP contribution in [-0.4, -0.2) is 193 Å². The first-order chi connectivity index (χ1) is 30.4. The van der Waals surface area contributed by atoms with Crippen molar-refractivity contribution in [3.63, 3.8) is 0 Å². The molecule has 9 aliphatic rings. The number of fused-ring (bicyclic) bond motifs is 7. The fraction of sp³-hybridized carbons (Fsp3) is 0.935. The van der Waals surface area contributed by atoms with Crippen molar-refractivity contribution in [1.29, 1.82) is 0 Å². The third-order valence-corrected chi connectivity index (χ3v) is 19.1. The van der Waals surface area contributed by atoms with Gasteiger partial charge in [0.2, 0.25) is 0 Å². The van der Waals surface area contributed by atoms with Crippen LogP contribution in [-0.2, 0) is 38.0 Å². The highest BCUT2D eigenvalue weighted by Gasteiger charge is 2.75. The molecule has 1 spiro atoms. The van der Waals surface area contributed by atoms with Crippen molar-refractivity contribution in [1.82, 2.24) is 0 Å². The van der Waals surface area contributed by atoms with E-state index in [4.69, 9.17) is 33.2 Å². The van der Waals surface area contributed by atoms with Gasteiger partial charge >= 0.3 is 5.97 Å². The molecule has 8 fully saturated rings.